The molecular formula is C9H14O3. The first-order valence-corrected chi connectivity index (χ1v) is 3.94. The van der Waals surface area contributed by atoms with Gasteiger partial charge in [-0.2, -0.15) is 0 Å². The van der Waals surface area contributed by atoms with Crippen molar-refractivity contribution < 1.29 is 14.3 Å². The van der Waals surface area contributed by atoms with Crippen LogP contribution in [0.2, 0.25) is 0 Å². The lowest BCUT2D eigenvalue weighted by molar-refractivity contribution is -0.139. The van der Waals surface area contributed by atoms with Crippen LogP contribution in [0.5, 0.6) is 0 Å². The highest BCUT2D eigenvalue weighted by Crippen LogP contribution is 2.35. The molecule has 0 bridgehead atoms. The van der Waals surface area contributed by atoms with E-state index in [9.17, 15) is 4.79 Å². The number of carbonyl (C=O) groups is 1. The molecule has 0 aliphatic carbocycles. The summed E-state index contributed by atoms with van der Waals surface area (Å²) in [4.78, 5) is 10.9. The number of hydrogen-bond donors (Lipinski definition) is 0. The van der Waals surface area contributed by atoms with E-state index in [-0.39, 0.29) is 17.7 Å². The van der Waals surface area contributed by atoms with Gasteiger partial charge >= 0.3 is 5.97 Å². The Bertz CT molecular complexity index is 218. The molecule has 0 radical (unpaired) electrons. The van der Waals surface area contributed by atoms with Gasteiger partial charge in [0.05, 0.1) is 5.60 Å². The molecule has 0 aromatic carbocycles. The monoisotopic (exact) mass is 170 g/mol. The normalized spacial score (nSPS) is 24.8. The number of epoxide rings is 1. The Morgan fingerprint density at radius 3 is 2.50 bits per heavy atom. The first-order chi connectivity index (χ1) is 5.43. The van der Waals surface area contributed by atoms with Crippen LogP contribution in [-0.2, 0) is 14.3 Å². The zero-order valence-electron chi connectivity index (χ0n) is 7.72. The van der Waals surface area contributed by atoms with E-state index in [1.807, 2.05) is 13.8 Å². The Labute approximate surface area is 72.4 Å². The highest BCUT2D eigenvalue weighted by atomic mass is 16.6. The van der Waals surface area contributed by atoms with Gasteiger partial charge in [0.15, 0.2) is 0 Å². The molecule has 1 heterocycles. The molecule has 12 heavy (non-hydrogen) atoms. The maximum absolute atomic E-state index is 10.9. The van der Waals surface area contributed by atoms with Crippen molar-refractivity contribution in [3.8, 4) is 0 Å². The molecule has 1 rings (SSSR count). The minimum Gasteiger partial charge on any atom is -0.459 e. The first-order valence-electron chi connectivity index (χ1n) is 3.94. The Balaban J connectivity index is 2.20. The van der Waals surface area contributed by atoms with Crippen LogP contribution in [0.1, 0.15) is 20.8 Å². The summed E-state index contributed by atoms with van der Waals surface area (Å²) in [5.74, 6) is -0.346. The van der Waals surface area contributed by atoms with Crippen LogP contribution in [0.4, 0.5) is 0 Å². The third kappa shape index (κ3) is 2.08. The summed E-state index contributed by atoms with van der Waals surface area (Å²) in [6.07, 6.45) is 0.0563. The molecular weight excluding hydrogens is 156 g/mol. The molecule has 0 aromatic rings. The van der Waals surface area contributed by atoms with Gasteiger partial charge in [-0.05, 0) is 20.8 Å². The molecule has 0 N–H and O–H groups in total. The van der Waals surface area contributed by atoms with E-state index in [0.717, 1.165) is 0 Å². The quantitative estimate of drug-likeness (QED) is 0.364. The van der Waals surface area contributed by atoms with Crippen molar-refractivity contribution in [3.05, 3.63) is 12.2 Å². The average molecular weight is 170 g/mol. The largest absolute Gasteiger partial charge is 0.459 e. The predicted molar refractivity (Wildman–Crippen MR) is 44.7 cm³/mol. The number of esters is 1. The van der Waals surface area contributed by atoms with Crippen molar-refractivity contribution in [1.29, 1.82) is 0 Å². The molecule has 3 nitrogen and oxygen atoms in total. The van der Waals surface area contributed by atoms with E-state index in [4.69, 9.17) is 9.47 Å². The summed E-state index contributed by atoms with van der Waals surface area (Å²) in [6.45, 7) is 9.36. The fraction of sp³-hybridized carbons (Fsp3) is 0.667. The van der Waals surface area contributed by atoms with Crippen LogP contribution in [0, 0.1) is 0 Å². The maximum atomic E-state index is 10.9. The van der Waals surface area contributed by atoms with E-state index in [2.05, 4.69) is 6.58 Å². The number of hydrogen-bond acceptors (Lipinski definition) is 3. The molecule has 1 atom stereocenters. The van der Waals surface area contributed by atoms with E-state index in [0.29, 0.717) is 12.2 Å². The van der Waals surface area contributed by atoms with Crippen LogP contribution < -0.4 is 0 Å². The van der Waals surface area contributed by atoms with Crippen molar-refractivity contribution >= 4 is 5.97 Å². The minimum absolute atomic E-state index is 0.0563. The molecule has 1 aliphatic heterocycles. The topological polar surface area (TPSA) is 38.8 Å². The van der Waals surface area contributed by atoms with Gasteiger partial charge in [0.1, 0.15) is 12.7 Å². The zero-order chi connectivity index (χ0) is 9.35. The summed E-state index contributed by atoms with van der Waals surface area (Å²) in [7, 11) is 0. The van der Waals surface area contributed by atoms with Gasteiger partial charge < -0.3 is 9.47 Å². The van der Waals surface area contributed by atoms with Crippen molar-refractivity contribution in [1.82, 2.24) is 0 Å². The fourth-order valence-electron chi connectivity index (χ4n) is 0.842. The second-order valence-corrected chi connectivity index (χ2v) is 3.59. The van der Waals surface area contributed by atoms with E-state index < -0.39 is 0 Å². The summed E-state index contributed by atoms with van der Waals surface area (Å²) < 4.78 is 10.1. The van der Waals surface area contributed by atoms with E-state index in [1.54, 1.807) is 6.92 Å². The Hall–Kier alpha value is -0.830. The molecule has 68 valence electrons. The summed E-state index contributed by atoms with van der Waals surface area (Å²) in [5.41, 5.74) is 0.309. The average Bonchev–Trinajstić information content (AvgIpc) is 2.54. The maximum Gasteiger partial charge on any atom is 0.333 e. The highest BCUT2D eigenvalue weighted by Gasteiger charge is 2.48. The second-order valence-electron chi connectivity index (χ2n) is 3.59. The van der Waals surface area contributed by atoms with Gasteiger partial charge in [-0.15, -0.1) is 0 Å². The van der Waals surface area contributed by atoms with Crippen molar-refractivity contribution in [3.63, 3.8) is 0 Å². The van der Waals surface area contributed by atoms with Crippen LogP contribution in [0.3, 0.4) is 0 Å². The lowest BCUT2D eigenvalue weighted by Gasteiger charge is -2.01. The molecule has 3 heteroatoms. The van der Waals surface area contributed by atoms with Gasteiger partial charge in [-0.3, -0.25) is 0 Å². The van der Waals surface area contributed by atoms with Gasteiger partial charge in [0.25, 0.3) is 0 Å². The van der Waals surface area contributed by atoms with Gasteiger partial charge in [-0.25, -0.2) is 4.79 Å². The SMILES string of the molecule is C=C(C)C(=O)OCC1OC1(C)C. The van der Waals surface area contributed by atoms with Crippen molar-refractivity contribution in [2.75, 3.05) is 6.61 Å². The summed E-state index contributed by atoms with van der Waals surface area (Å²) in [5, 5.41) is 0. The van der Waals surface area contributed by atoms with E-state index >= 15 is 0 Å². The third-order valence-corrected chi connectivity index (χ3v) is 1.88. The van der Waals surface area contributed by atoms with Gasteiger partial charge in [0.2, 0.25) is 0 Å². The molecule has 0 aromatic heterocycles. The third-order valence-electron chi connectivity index (χ3n) is 1.88. The molecule has 1 fully saturated rings. The summed E-state index contributed by atoms with van der Waals surface area (Å²) in [6, 6.07) is 0. The number of rotatable bonds is 3. The number of ether oxygens (including phenoxy) is 2. The van der Waals surface area contributed by atoms with Crippen LogP contribution in [0.25, 0.3) is 0 Å². The molecule has 1 aliphatic rings. The lowest BCUT2D eigenvalue weighted by atomic mass is 10.1. The fourth-order valence-corrected chi connectivity index (χ4v) is 0.842. The molecule has 1 saturated heterocycles. The van der Waals surface area contributed by atoms with Gasteiger partial charge in [0, 0.05) is 5.57 Å². The molecule has 1 unspecified atom stereocenters. The second kappa shape index (κ2) is 2.90. The van der Waals surface area contributed by atoms with Gasteiger partial charge in [-0.1, -0.05) is 6.58 Å². The Morgan fingerprint density at radius 2 is 2.17 bits per heavy atom. The van der Waals surface area contributed by atoms with Crippen LogP contribution in [-0.4, -0.2) is 24.3 Å². The van der Waals surface area contributed by atoms with Crippen LogP contribution in [0.15, 0.2) is 12.2 Å². The van der Waals surface area contributed by atoms with Crippen molar-refractivity contribution in [2.45, 2.75) is 32.5 Å². The predicted octanol–water partition coefficient (Wildman–Crippen LogP) is 1.28. The lowest BCUT2D eigenvalue weighted by Crippen LogP contribution is -2.14. The number of carbonyl (C=O) groups excluding carboxylic acids is 1. The van der Waals surface area contributed by atoms with Crippen LogP contribution >= 0.6 is 0 Å². The standard InChI is InChI=1S/C9H14O3/c1-6(2)8(10)11-5-7-9(3,4)12-7/h7H,1,5H2,2-4H3. The van der Waals surface area contributed by atoms with E-state index in [1.165, 1.54) is 0 Å². The first kappa shape index (κ1) is 9.26. The van der Waals surface area contributed by atoms with Crippen molar-refractivity contribution in [2.24, 2.45) is 0 Å². The minimum atomic E-state index is -0.346. The summed E-state index contributed by atoms with van der Waals surface area (Å²) >= 11 is 0. The molecule has 0 spiro atoms. The highest BCUT2D eigenvalue weighted by molar-refractivity contribution is 5.86. The Morgan fingerprint density at radius 1 is 1.67 bits per heavy atom. The zero-order valence-corrected chi connectivity index (χ0v) is 7.72. The molecule has 0 saturated carbocycles. The smallest absolute Gasteiger partial charge is 0.333 e. The molecule has 0 amide bonds. The Kier molecular flexibility index (Phi) is 2.24.